The Hall–Kier alpha value is -2.28. The molecular weight excluding hydrogens is 329 g/mol. The van der Waals surface area contributed by atoms with E-state index >= 15 is 0 Å². The molecule has 1 aromatic carbocycles. The zero-order valence-corrected chi connectivity index (χ0v) is 13.9. The topological polar surface area (TPSA) is 76.3 Å². The molecule has 0 spiro atoms. The van der Waals surface area contributed by atoms with Crippen LogP contribution in [-0.4, -0.2) is 34.8 Å². The molecule has 2 aromatic rings. The van der Waals surface area contributed by atoms with E-state index in [1.54, 1.807) is 17.0 Å². The van der Waals surface area contributed by atoms with Crippen LogP contribution in [0.3, 0.4) is 0 Å². The van der Waals surface area contributed by atoms with E-state index in [0.717, 1.165) is 0 Å². The van der Waals surface area contributed by atoms with Crippen LogP contribution in [0.4, 0.5) is 4.39 Å². The Labute approximate surface area is 143 Å². The van der Waals surface area contributed by atoms with Gasteiger partial charge in [0.2, 0.25) is 11.8 Å². The molecule has 7 heteroatoms. The van der Waals surface area contributed by atoms with E-state index in [1.807, 2.05) is 5.38 Å². The molecular formula is C17H18FN3O2S. The molecule has 1 aliphatic rings. The number of thiazole rings is 1. The second-order valence-corrected chi connectivity index (χ2v) is 6.75. The Morgan fingerprint density at radius 1 is 1.33 bits per heavy atom. The third kappa shape index (κ3) is 3.79. The number of hydrogen-bond acceptors (Lipinski definition) is 4. The number of likely N-dealkylation sites (tertiary alicyclic amines) is 1. The molecule has 5 nitrogen and oxygen atoms in total. The minimum Gasteiger partial charge on any atom is -0.369 e. The van der Waals surface area contributed by atoms with Gasteiger partial charge in [0.1, 0.15) is 10.8 Å². The van der Waals surface area contributed by atoms with Gasteiger partial charge in [-0.3, -0.25) is 9.59 Å². The van der Waals surface area contributed by atoms with Crippen molar-refractivity contribution >= 4 is 23.2 Å². The number of aromatic nitrogens is 1. The molecule has 2 heterocycles. The Kier molecular flexibility index (Phi) is 4.89. The van der Waals surface area contributed by atoms with E-state index in [2.05, 4.69) is 4.98 Å². The van der Waals surface area contributed by atoms with Crippen LogP contribution in [0.5, 0.6) is 0 Å². The lowest BCUT2D eigenvalue weighted by Gasteiger charge is -2.30. The quantitative estimate of drug-likeness (QED) is 0.921. The van der Waals surface area contributed by atoms with Gasteiger partial charge in [0.05, 0.1) is 12.1 Å². The number of nitrogens with zero attached hydrogens (tertiary/aromatic N) is 2. The number of carbonyl (C=O) groups excluding carboxylic acids is 2. The summed E-state index contributed by atoms with van der Waals surface area (Å²) in [6.45, 7) is 1.10. The maximum absolute atomic E-state index is 13.3. The van der Waals surface area contributed by atoms with Gasteiger partial charge in [-0.25, -0.2) is 9.37 Å². The third-order valence-electron chi connectivity index (χ3n) is 4.21. The number of rotatable bonds is 4. The zero-order chi connectivity index (χ0) is 17.1. The normalized spacial score (nSPS) is 15.5. The van der Waals surface area contributed by atoms with Gasteiger partial charge >= 0.3 is 0 Å². The van der Waals surface area contributed by atoms with E-state index in [0.29, 0.717) is 42.2 Å². The molecule has 2 amide bonds. The first-order chi connectivity index (χ1) is 11.5. The molecule has 0 saturated carbocycles. The maximum Gasteiger partial charge on any atom is 0.228 e. The van der Waals surface area contributed by atoms with Crippen molar-refractivity contribution in [3.05, 3.63) is 41.2 Å². The number of amides is 2. The summed E-state index contributed by atoms with van der Waals surface area (Å²) in [5.41, 5.74) is 6.69. The van der Waals surface area contributed by atoms with Crippen molar-refractivity contribution in [2.45, 2.75) is 19.3 Å². The lowest BCUT2D eigenvalue weighted by atomic mass is 9.96. The summed E-state index contributed by atoms with van der Waals surface area (Å²) in [7, 11) is 0. The van der Waals surface area contributed by atoms with Crippen molar-refractivity contribution in [2.75, 3.05) is 13.1 Å². The van der Waals surface area contributed by atoms with Crippen LogP contribution in [0.25, 0.3) is 10.6 Å². The highest BCUT2D eigenvalue weighted by atomic mass is 32.1. The van der Waals surface area contributed by atoms with Crippen LogP contribution in [-0.2, 0) is 16.0 Å². The smallest absolute Gasteiger partial charge is 0.228 e. The lowest BCUT2D eigenvalue weighted by molar-refractivity contribution is -0.134. The monoisotopic (exact) mass is 347 g/mol. The number of benzene rings is 1. The predicted octanol–water partition coefficient (Wildman–Crippen LogP) is 2.22. The third-order valence-corrected chi connectivity index (χ3v) is 5.15. The maximum atomic E-state index is 13.3. The second-order valence-electron chi connectivity index (χ2n) is 5.89. The van der Waals surface area contributed by atoms with Crippen molar-refractivity contribution in [3.63, 3.8) is 0 Å². The molecule has 0 unspecified atom stereocenters. The molecule has 1 fully saturated rings. The van der Waals surface area contributed by atoms with Crippen LogP contribution in [0.2, 0.25) is 0 Å². The molecule has 1 saturated heterocycles. The van der Waals surface area contributed by atoms with Crippen molar-refractivity contribution in [1.82, 2.24) is 9.88 Å². The number of hydrogen-bond donors (Lipinski definition) is 1. The van der Waals surface area contributed by atoms with Gasteiger partial charge in [-0.2, -0.15) is 0 Å². The first-order valence-corrected chi connectivity index (χ1v) is 8.68. The van der Waals surface area contributed by atoms with Crippen molar-refractivity contribution in [1.29, 1.82) is 0 Å². The second kappa shape index (κ2) is 7.09. The highest BCUT2D eigenvalue weighted by molar-refractivity contribution is 7.13. The van der Waals surface area contributed by atoms with Gasteiger partial charge in [-0.15, -0.1) is 11.3 Å². The zero-order valence-electron chi connectivity index (χ0n) is 13.1. The average molecular weight is 347 g/mol. The number of piperidine rings is 1. The van der Waals surface area contributed by atoms with Gasteiger partial charge in [0.15, 0.2) is 0 Å². The summed E-state index contributed by atoms with van der Waals surface area (Å²) in [6.07, 6.45) is 1.45. The summed E-state index contributed by atoms with van der Waals surface area (Å²) in [4.78, 5) is 29.7. The molecule has 0 bridgehead atoms. The van der Waals surface area contributed by atoms with E-state index in [-0.39, 0.29) is 30.0 Å². The summed E-state index contributed by atoms with van der Waals surface area (Å²) < 4.78 is 13.3. The molecule has 0 radical (unpaired) electrons. The molecule has 1 aliphatic heterocycles. The number of halogens is 1. The molecule has 1 aromatic heterocycles. The van der Waals surface area contributed by atoms with Crippen molar-refractivity contribution < 1.29 is 14.0 Å². The Bertz CT molecular complexity index is 754. The fourth-order valence-electron chi connectivity index (χ4n) is 2.82. The first kappa shape index (κ1) is 16.6. The summed E-state index contributed by atoms with van der Waals surface area (Å²) in [5, 5.41) is 2.53. The van der Waals surface area contributed by atoms with Gasteiger partial charge in [0, 0.05) is 30.0 Å². The largest absolute Gasteiger partial charge is 0.369 e. The van der Waals surface area contributed by atoms with Crippen molar-refractivity contribution in [3.8, 4) is 10.6 Å². The minimum absolute atomic E-state index is 0.00554. The van der Waals surface area contributed by atoms with Crippen molar-refractivity contribution in [2.24, 2.45) is 11.7 Å². The van der Waals surface area contributed by atoms with Crippen LogP contribution in [0.15, 0.2) is 29.6 Å². The average Bonchev–Trinajstić information content (AvgIpc) is 3.03. The standard InChI is InChI=1S/C17H18FN3O2S/c18-13-3-1-2-12(8-13)17-20-14(10-24-17)9-15(22)21-6-4-11(5-7-21)16(19)23/h1-3,8,10-11H,4-7,9H2,(H2,19,23). The van der Waals surface area contributed by atoms with E-state index in [4.69, 9.17) is 5.73 Å². The Balaban J connectivity index is 1.61. The van der Waals surface area contributed by atoms with Gasteiger partial charge < -0.3 is 10.6 Å². The Morgan fingerprint density at radius 2 is 2.08 bits per heavy atom. The molecule has 3 rings (SSSR count). The van der Waals surface area contributed by atoms with Crippen LogP contribution in [0.1, 0.15) is 18.5 Å². The fourth-order valence-corrected chi connectivity index (χ4v) is 3.64. The van der Waals surface area contributed by atoms with E-state index in [9.17, 15) is 14.0 Å². The summed E-state index contributed by atoms with van der Waals surface area (Å²) in [6, 6.07) is 6.25. The molecule has 126 valence electrons. The molecule has 0 aliphatic carbocycles. The molecule has 2 N–H and O–H groups in total. The van der Waals surface area contributed by atoms with E-state index in [1.165, 1.54) is 23.5 Å². The van der Waals surface area contributed by atoms with Gasteiger partial charge in [-0.1, -0.05) is 12.1 Å². The first-order valence-electron chi connectivity index (χ1n) is 7.80. The van der Waals surface area contributed by atoms with Crippen LogP contribution < -0.4 is 5.73 Å². The fraction of sp³-hybridized carbons (Fsp3) is 0.353. The predicted molar refractivity (Wildman–Crippen MR) is 89.7 cm³/mol. The highest BCUT2D eigenvalue weighted by Gasteiger charge is 2.26. The number of carbonyl (C=O) groups is 2. The number of nitrogens with two attached hydrogens (primary N) is 1. The van der Waals surface area contributed by atoms with Gasteiger partial charge in [-0.05, 0) is 25.0 Å². The minimum atomic E-state index is -0.308. The molecule has 24 heavy (non-hydrogen) atoms. The summed E-state index contributed by atoms with van der Waals surface area (Å²) in [5.74, 6) is -0.735. The number of primary amides is 1. The Morgan fingerprint density at radius 3 is 2.75 bits per heavy atom. The van der Waals surface area contributed by atoms with Crippen LogP contribution in [0, 0.1) is 11.7 Å². The lowest BCUT2D eigenvalue weighted by Crippen LogP contribution is -2.42. The van der Waals surface area contributed by atoms with E-state index < -0.39 is 0 Å². The summed E-state index contributed by atoms with van der Waals surface area (Å²) >= 11 is 1.39. The van der Waals surface area contributed by atoms with Gasteiger partial charge in [0.25, 0.3) is 0 Å². The van der Waals surface area contributed by atoms with Crippen LogP contribution >= 0.6 is 11.3 Å². The SMILES string of the molecule is NC(=O)C1CCN(C(=O)Cc2csc(-c3cccc(F)c3)n2)CC1. The highest BCUT2D eigenvalue weighted by Crippen LogP contribution is 2.25. The molecule has 0 atom stereocenters.